The van der Waals surface area contributed by atoms with Crippen LogP contribution in [0.1, 0.15) is 374 Å². The van der Waals surface area contributed by atoms with Gasteiger partial charge < -0.3 is 33.8 Å². The first kappa shape index (κ1) is 95.0. The molecule has 0 aliphatic carbocycles. The molecule has 0 spiro atoms. The van der Waals surface area contributed by atoms with E-state index in [0.717, 1.165) is 135 Å². The molecule has 98 heavy (non-hydrogen) atoms. The summed E-state index contributed by atoms with van der Waals surface area (Å²) in [7, 11) is -9.94. The van der Waals surface area contributed by atoms with Crippen molar-refractivity contribution in [2.24, 2.45) is 0 Å². The summed E-state index contributed by atoms with van der Waals surface area (Å²) < 4.78 is 68.6. The van der Waals surface area contributed by atoms with Crippen molar-refractivity contribution in [2.45, 2.75) is 393 Å². The van der Waals surface area contributed by atoms with E-state index in [4.69, 9.17) is 37.0 Å². The van der Waals surface area contributed by atoms with E-state index in [-0.39, 0.29) is 25.7 Å². The zero-order chi connectivity index (χ0) is 71.8. The fraction of sp³-hybridized carbons (Fsp3) is 0.848. The Balaban J connectivity index is 5.34. The van der Waals surface area contributed by atoms with Crippen LogP contribution in [0.25, 0.3) is 0 Å². The van der Waals surface area contributed by atoms with Crippen molar-refractivity contribution in [2.75, 3.05) is 39.6 Å². The van der Waals surface area contributed by atoms with Gasteiger partial charge in [-0.25, -0.2) is 9.13 Å². The molecule has 0 saturated heterocycles. The summed E-state index contributed by atoms with van der Waals surface area (Å²) in [5, 5.41) is 10.6. The van der Waals surface area contributed by atoms with Crippen LogP contribution in [0.2, 0.25) is 0 Å². The number of phosphoric ester groups is 2. The Morgan fingerprint density at radius 2 is 0.500 bits per heavy atom. The Hall–Kier alpha value is -2.98. The molecule has 574 valence electrons. The molecule has 0 fully saturated rings. The normalized spacial score (nSPS) is 14.2. The standard InChI is InChI=1S/C79H146O17P2/c1-5-9-13-17-21-25-29-33-36-40-44-48-52-56-60-64-77(82)90-70-75(96-79(84)66-62-58-54-50-46-42-38-35-31-27-23-19-15-11-7-3)72-94-98(87,88)92-68-73(80)67-91-97(85,86)93-71-74(69-89-76(81)63-59-55-51-47-43-39-32-28-24-20-16-12-8-4)95-78(83)65-61-57-53-49-45-41-37-34-30-26-22-18-14-10-6-2/h27,31,33-38,73-75,80H,5-26,28-30,32,39-72H2,1-4H3,(H,85,86)(H,87,88)/b31-27-,36-33-,37-34-,38-35-/t73-,74+,75+/m0/s1. The molecule has 0 aromatic carbocycles. The van der Waals surface area contributed by atoms with E-state index < -0.39 is 97.5 Å². The molecular formula is C79H146O17P2. The summed E-state index contributed by atoms with van der Waals surface area (Å²) in [6.07, 6.45) is 69.4. The van der Waals surface area contributed by atoms with Crippen molar-refractivity contribution >= 4 is 39.5 Å². The van der Waals surface area contributed by atoms with Crippen LogP contribution < -0.4 is 0 Å². The second kappa shape index (κ2) is 72.4. The minimum Gasteiger partial charge on any atom is -0.462 e. The zero-order valence-corrected chi connectivity index (χ0v) is 64.5. The Kier molecular flexibility index (Phi) is 70.2. The highest BCUT2D eigenvalue weighted by atomic mass is 31.2. The summed E-state index contributed by atoms with van der Waals surface area (Å²) in [6, 6.07) is 0. The highest BCUT2D eigenvalue weighted by Crippen LogP contribution is 2.45. The Labute approximate surface area is 597 Å². The largest absolute Gasteiger partial charge is 0.472 e. The van der Waals surface area contributed by atoms with Gasteiger partial charge in [-0.3, -0.25) is 37.3 Å². The van der Waals surface area contributed by atoms with E-state index in [1.807, 2.05) is 0 Å². The van der Waals surface area contributed by atoms with Crippen LogP contribution in [0.3, 0.4) is 0 Å². The van der Waals surface area contributed by atoms with Gasteiger partial charge >= 0.3 is 39.5 Å². The molecule has 0 radical (unpaired) electrons. The third-order valence-corrected chi connectivity index (χ3v) is 19.2. The van der Waals surface area contributed by atoms with Crippen molar-refractivity contribution in [3.8, 4) is 0 Å². The maximum Gasteiger partial charge on any atom is 0.472 e. The molecule has 0 aromatic rings. The Morgan fingerprint density at radius 1 is 0.286 bits per heavy atom. The third kappa shape index (κ3) is 71.4. The van der Waals surface area contributed by atoms with Gasteiger partial charge in [-0.2, -0.15) is 0 Å². The summed E-state index contributed by atoms with van der Waals surface area (Å²) >= 11 is 0. The SMILES string of the molecule is CCCCCC/C=C\C=C/CCCCCCCC(=O)O[C@H](COC(=O)CCCCCCC/C=C\CCCCCCCC)COP(=O)(O)OC[C@@H](O)COP(=O)(O)OC[C@@H](COC(=O)CCCCCCCCCCCCCCC)OC(=O)CCCCCCC/C=C\CCCCCCCC. The first-order valence-electron chi connectivity index (χ1n) is 39.9. The van der Waals surface area contributed by atoms with Gasteiger partial charge in [0, 0.05) is 25.7 Å². The first-order valence-corrected chi connectivity index (χ1v) is 42.9. The lowest BCUT2D eigenvalue weighted by Gasteiger charge is -2.21. The lowest BCUT2D eigenvalue weighted by molar-refractivity contribution is -0.161. The second-order valence-electron chi connectivity index (χ2n) is 27.0. The number of hydrogen-bond acceptors (Lipinski definition) is 15. The first-order chi connectivity index (χ1) is 47.7. The number of hydrogen-bond donors (Lipinski definition) is 3. The van der Waals surface area contributed by atoms with Crippen molar-refractivity contribution in [3.63, 3.8) is 0 Å². The molecule has 0 aromatic heterocycles. The van der Waals surface area contributed by atoms with Gasteiger partial charge in [0.15, 0.2) is 12.2 Å². The van der Waals surface area contributed by atoms with Crippen molar-refractivity contribution in [1.29, 1.82) is 0 Å². The molecular weight excluding hydrogens is 1280 g/mol. The summed E-state index contributed by atoms with van der Waals surface area (Å²) in [6.45, 7) is 4.88. The van der Waals surface area contributed by atoms with E-state index in [1.54, 1.807) is 0 Å². The lowest BCUT2D eigenvalue weighted by atomic mass is 10.0. The Bertz CT molecular complexity index is 2050. The van der Waals surface area contributed by atoms with Crippen LogP contribution in [-0.4, -0.2) is 96.7 Å². The van der Waals surface area contributed by atoms with E-state index in [9.17, 15) is 43.2 Å². The maximum absolute atomic E-state index is 13.1. The van der Waals surface area contributed by atoms with Gasteiger partial charge in [0.2, 0.25) is 0 Å². The van der Waals surface area contributed by atoms with E-state index in [2.05, 4.69) is 76.3 Å². The molecule has 0 rings (SSSR count). The number of unbranched alkanes of at least 4 members (excludes halogenated alkanes) is 43. The van der Waals surface area contributed by atoms with Crippen LogP contribution in [0, 0.1) is 0 Å². The van der Waals surface area contributed by atoms with E-state index in [0.29, 0.717) is 25.7 Å². The fourth-order valence-corrected chi connectivity index (χ4v) is 12.7. The molecule has 17 nitrogen and oxygen atoms in total. The zero-order valence-electron chi connectivity index (χ0n) is 62.7. The predicted molar refractivity (Wildman–Crippen MR) is 400 cm³/mol. The van der Waals surface area contributed by atoms with Crippen LogP contribution in [0.15, 0.2) is 48.6 Å². The van der Waals surface area contributed by atoms with Crippen LogP contribution in [0.5, 0.6) is 0 Å². The lowest BCUT2D eigenvalue weighted by Crippen LogP contribution is -2.30. The minimum atomic E-state index is -4.97. The highest BCUT2D eigenvalue weighted by Gasteiger charge is 2.30. The highest BCUT2D eigenvalue weighted by molar-refractivity contribution is 7.47. The molecule has 3 N–H and O–H groups in total. The molecule has 0 bridgehead atoms. The minimum absolute atomic E-state index is 0.0806. The van der Waals surface area contributed by atoms with E-state index >= 15 is 0 Å². The van der Waals surface area contributed by atoms with Gasteiger partial charge in [-0.1, -0.05) is 295 Å². The Morgan fingerprint density at radius 3 is 0.776 bits per heavy atom. The maximum atomic E-state index is 13.1. The fourth-order valence-electron chi connectivity index (χ4n) is 11.1. The number of phosphoric acid groups is 2. The van der Waals surface area contributed by atoms with Gasteiger partial charge in [0.1, 0.15) is 19.3 Å². The van der Waals surface area contributed by atoms with Crippen LogP contribution in [-0.2, 0) is 65.4 Å². The smallest absolute Gasteiger partial charge is 0.462 e. The topological polar surface area (TPSA) is 237 Å². The van der Waals surface area contributed by atoms with Crippen molar-refractivity contribution in [3.05, 3.63) is 48.6 Å². The molecule has 0 saturated carbocycles. The molecule has 0 aliphatic heterocycles. The number of aliphatic hydroxyl groups is 1. The quantitative estimate of drug-likeness (QED) is 0.0128. The van der Waals surface area contributed by atoms with E-state index in [1.165, 1.54) is 161 Å². The second-order valence-corrected chi connectivity index (χ2v) is 29.9. The van der Waals surface area contributed by atoms with Gasteiger partial charge in [-0.15, -0.1) is 0 Å². The molecule has 0 heterocycles. The summed E-state index contributed by atoms with van der Waals surface area (Å²) in [5.74, 6) is -2.17. The number of allylic oxidation sites excluding steroid dienone is 8. The van der Waals surface area contributed by atoms with Gasteiger partial charge in [0.05, 0.1) is 26.4 Å². The molecule has 0 aliphatic rings. The number of carbonyl (C=O) groups is 4. The van der Waals surface area contributed by atoms with Gasteiger partial charge in [-0.05, 0) is 103 Å². The number of carbonyl (C=O) groups excluding carboxylic acids is 4. The number of aliphatic hydroxyl groups excluding tert-OH is 1. The average Bonchev–Trinajstić information content (AvgIpc) is 1.04. The van der Waals surface area contributed by atoms with Crippen LogP contribution >= 0.6 is 15.6 Å². The average molecular weight is 1430 g/mol. The molecule has 5 atom stereocenters. The number of rotatable bonds is 76. The summed E-state index contributed by atoms with van der Waals surface area (Å²) in [5.41, 5.74) is 0. The number of esters is 4. The summed E-state index contributed by atoms with van der Waals surface area (Å²) in [4.78, 5) is 72.9. The predicted octanol–water partition coefficient (Wildman–Crippen LogP) is 22.9. The monoisotopic (exact) mass is 1430 g/mol. The third-order valence-electron chi connectivity index (χ3n) is 17.3. The van der Waals surface area contributed by atoms with Crippen molar-refractivity contribution in [1.82, 2.24) is 0 Å². The molecule has 2 unspecified atom stereocenters. The van der Waals surface area contributed by atoms with Gasteiger partial charge in [0.25, 0.3) is 0 Å². The molecule has 0 amide bonds. The number of ether oxygens (including phenoxy) is 4. The molecule has 19 heteroatoms. The van der Waals surface area contributed by atoms with Crippen molar-refractivity contribution < 1.29 is 80.2 Å². The van der Waals surface area contributed by atoms with Crippen LogP contribution in [0.4, 0.5) is 0 Å².